The largest absolute Gasteiger partial charge is 0.392 e. The Bertz CT molecular complexity index is 631. The van der Waals surface area contributed by atoms with E-state index in [1.807, 2.05) is 0 Å². The molecule has 0 spiro atoms. The molecule has 2 rings (SSSR count). The molecule has 0 amide bonds. The van der Waals surface area contributed by atoms with Crippen LogP contribution in [0.3, 0.4) is 0 Å². The fraction of sp³-hybridized carbons (Fsp3) is 0.538. The van der Waals surface area contributed by atoms with Gasteiger partial charge in [0.1, 0.15) is 10.7 Å². The minimum absolute atomic E-state index is 0.0718. The van der Waals surface area contributed by atoms with Crippen LogP contribution in [0.5, 0.6) is 0 Å². The van der Waals surface area contributed by atoms with Gasteiger partial charge < -0.3 is 5.11 Å². The molecule has 2 N–H and O–H groups in total. The first-order chi connectivity index (χ1) is 9.17. The van der Waals surface area contributed by atoms with Gasteiger partial charge in [0.15, 0.2) is 0 Å². The number of rotatable bonds is 5. The van der Waals surface area contributed by atoms with Crippen LogP contribution in [-0.4, -0.2) is 20.1 Å². The van der Waals surface area contributed by atoms with Gasteiger partial charge in [0.25, 0.3) is 0 Å². The maximum Gasteiger partial charge on any atom is 0.243 e. The maximum absolute atomic E-state index is 14.0. The Morgan fingerprint density at radius 3 is 2.60 bits per heavy atom. The predicted molar refractivity (Wildman–Crippen MR) is 74.4 cm³/mol. The molecule has 1 unspecified atom stereocenters. The number of benzene rings is 1. The van der Waals surface area contributed by atoms with Gasteiger partial charge in [0, 0.05) is 17.1 Å². The molecule has 1 aliphatic rings. The molecule has 7 heteroatoms. The number of halogens is 2. The van der Waals surface area contributed by atoms with Crippen LogP contribution in [0.4, 0.5) is 4.39 Å². The van der Waals surface area contributed by atoms with Gasteiger partial charge in [-0.05, 0) is 29.9 Å². The van der Waals surface area contributed by atoms with E-state index >= 15 is 0 Å². The van der Waals surface area contributed by atoms with Crippen LogP contribution in [0.1, 0.15) is 25.8 Å². The lowest BCUT2D eigenvalue weighted by Gasteiger charge is -2.11. The molecule has 4 nitrogen and oxygen atoms in total. The molecule has 1 fully saturated rings. The number of sulfonamides is 1. The summed E-state index contributed by atoms with van der Waals surface area (Å²) in [4.78, 5) is -0.521. The molecule has 20 heavy (non-hydrogen) atoms. The van der Waals surface area contributed by atoms with Gasteiger partial charge in [-0.15, -0.1) is 0 Å². The van der Waals surface area contributed by atoms with Crippen molar-refractivity contribution in [1.82, 2.24) is 4.72 Å². The highest BCUT2D eigenvalue weighted by Crippen LogP contribution is 2.51. The monoisotopic (exact) mass is 321 g/mol. The molecule has 0 aliphatic heterocycles. The second-order valence-corrected chi connectivity index (χ2v) is 7.95. The molecule has 0 radical (unpaired) electrons. The van der Waals surface area contributed by atoms with Crippen LogP contribution >= 0.6 is 11.6 Å². The summed E-state index contributed by atoms with van der Waals surface area (Å²) in [6.07, 6.45) is 0.940. The molecular weight excluding hydrogens is 305 g/mol. The molecule has 0 saturated heterocycles. The fourth-order valence-electron chi connectivity index (χ4n) is 2.14. The lowest BCUT2D eigenvalue weighted by atomic mass is 10.1. The van der Waals surface area contributed by atoms with Crippen molar-refractivity contribution >= 4 is 21.6 Å². The van der Waals surface area contributed by atoms with Crippen molar-refractivity contribution in [3.05, 3.63) is 28.5 Å². The molecule has 1 atom stereocenters. The highest BCUT2D eigenvalue weighted by molar-refractivity contribution is 7.89. The number of nitrogens with one attached hydrogen (secondary N) is 1. The van der Waals surface area contributed by atoms with Crippen LogP contribution in [-0.2, 0) is 16.6 Å². The summed E-state index contributed by atoms with van der Waals surface area (Å²) in [5.74, 6) is -0.698. The van der Waals surface area contributed by atoms with Gasteiger partial charge in [-0.3, -0.25) is 0 Å². The molecule has 0 aromatic heterocycles. The Morgan fingerprint density at radius 1 is 1.50 bits per heavy atom. The summed E-state index contributed by atoms with van der Waals surface area (Å²) in [5, 5.41) is 9.09. The van der Waals surface area contributed by atoms with Crippen molar-refractivity contribution < 1.29 is 17.9 Å². The van der Waals surface area contributed by atoms with Crippen LogP contribution in [0.2, 0.25) is 5.02 Å². The second-order valence-electron chi connectivity index (χ2n) is 5.78. The Balaban J connectivity index is 2.23. The van der Waals surface area contributed by atoms with E-state index in [1.54, 1.807) is 0 Å². The van der Waals surface area contributed by atoms with E-state index in [1.165, 1.54) is 6.07 Å². The molecule has 1 aromatic rings. The Morgan fingerprint density at radius 2 is 2.10 bits per heavy atom. The third-order valence-electron chi connectivity index (χ3n) is 3.78. The Kier molecular flexibility index (Phi) is 4.12. The van der Waals surface area contributed by atoms with Gasteiger partial charge in [-0.25, -0.2) is 17.5 Å². The van der Waals surface area contributed by atoms with E-state index in [0.29, 0.717) is 0 Å². The smallest absolute Gasteiger partial charge is 0.243 e. The Labute approximate surface area is 123 Å². The number of hydrogen-bond acceptors (Lipinski definition) is 3. The van der Waals surface area contributed by atoms with E-state index in [4.69, 9.17) is 16.7 Å². The summed E-state index contributed by atoms with van der Waals surface area (Å²) < 4.78 is 40.7. The van der Waals surface area contributed by atoms with E-state index in [-0.39, 0.29) is 28.5 Å². The van der Waals surface area contributed by atoms with Crippen molar-refractivity contribution in [3.8, 4) is 0 Å². The van der Waals surface area contributed by atoms with E-state index < -0.39 is 27.3 Å². The van der Waals surface area contributed by atoms with Gasteiger partial charge in [0.05, 0.1) is 6.61 Å². The zero-order valence-corrected chi connectivity index (χ0v) is 12.9. The number of hydrogen-bond donors (Lipinski definition) is 2. The molecule has 0 bridgehead atoms. The summed E-state index contributed by atoms with van der Waals surface area (Å²) in [6, 6.07) is 2.26. The molecule has 0 heterocycles. The lowest BCUT2D eigenvalue weighted by molar-refractivity contribution is 0.274. The van der Waals surface area contributed by atoms with Crippen molar-refractivity contribution in [3.63, 3.8) is 0 Å². The highest BCUT2D eigenvalue weighted by atomic mass is 35.5. The number of aliphatic hydroxyl groups excluding tert-OH is 1. The van der Waals surface area contributed by atoms with Gasteiger partial charge in [0.2, 0.25) is 10.0 Å². The standard InChI is InChI=1S/C13H17ClFNO3S/c1-13(2)5-9(13)6-16-20(18,19)11-4-10(14)3-8(7-17)12(11)15/h3-4,9,16-17H,5-7H2,1-2H3. The third kappa shape index (κ3) is 3.14. The van der Waals surface area contributed by atoms with Crippen LogP contribution in [0, 0.1) is 17.2 Å². The first-order valence-electron chi connectivity index (χ1n) is 6.26. The zero-order chi connectivity index (χ0) is 15.1. The lowest BCUT2D eigenvalue weighted by Crippen LogP contribution is -2.28. The van der Waals surface area contributed by atoms with Gasteiger partial charge >= 0.3 is 0 Å². The van der Waals surface area contributed by atoms with E-state index in [0.717, 1.165) is 12.5 Å². The van der Waals surface area contributed by atoms with Crippen molar-refractivity contribution in [2.24, 2.45) is 11.3 Å². The first kappa shape index (κ1) is 15.7. The quantitative estimate of drug-likeness (QED) is 0.874. The zero-order valence-electron chi connectivity index (χ0n) is 11.3. The minimum Gasteiger partial charge on any atom is -0.392 e. The predicted octanol–water partition coefficient (Wildman–Crippen LogP) is 2.30. The Hall–Kier alpha value is -0.690. The summed E-state index contributed by atoms with van der Waals surface area (Å²) in [7, 11) is -3.97. The fourth-order valence-corrected chi connectivity index (χ4v) is 3.67. The van der Waals surface area contributed by atoms with Crippen molar-refractivity contribution in [1.29, 1.82) is 0 Å². The second kappa shape index (κ2) is 5.26. The summed E-state index contributed by atoms with van der Waals surface area (Å²) >= 11 is 5.76. The van der Waals surface area contributed by atoms with Crippen molar-refractivity contribution in [2.75, 3.05) is 6.54 Å². The van der Waals surface area contributed by atoms with Crippen LogP contribution < -0.4 is 4.72 Å². The van der Waals surface area contributed by atoms with Gasteiger partial charge in [-0.2, -0.15) is 0 Å². The minimum atomic E-state index is -3.97. The molecule has 1 aromatic carbocycles. The first-order valence-corrected chi connectivity index (χ1v) is 8.12. The van der Waals surface area contributed by atoms with E-state index in [2.05, 4.69) is 18.6 Å². The van der Waals surface area contributed by atoms with Crippen LogP contribution in [0.25, 0.3) is 0 Å². The molecule has 1 saturated carbocycles. The summed E-state index contributed by atoms with van der Waals surface area (Å²) in [6.45, 7) is 3.77. The van der Waals surface area contributed by atoms with E-state index in [9.17, 15) is 12.8 Å². The summed E-state index contributed by atoms with van der Waals surface area (Å²) in [5.41, 5.74) is -0.00399. The van der Waals surface area contributed by atoms with Crippen LogP contribution in [0.15, 0.2) is 17.0 Å². The SMILES string of the molecule is CC1(C)CC1CNS(=O)(=O)c1cc(Cl)cc(CO)c1F. The average molecular weight is 322 g/mol. The topological polar surface area (TPSA) is 66.4 Å². The molecule has 112 valence electrons. The number of aliphatic hydroxyl groups is 1. The molecule has 1 aliphatic carbocycles. The third-order valence-corrected chi connectivity index (χ3v) is 5.42. The maximum atomic E-state index is 14.0. The van der Waals surface area contributed by atoms with Gasteiger partial charge in [-0.1, -0.05) is 25.4 Å². The normalized spacial score (nSPS) is 20.9. The molecular formula is C13H17ClFNO3S. The van der Waals surface area contributed by atoms with Crippen molar-refractivity contribution in [2.45, 2.75) is 31.8 Å². The highest BCUT2D eigenvalue weighted by Gasteiger charge is 2.45. The average Bonchev–Trinajstić information content (AvgIpc) is 2.97.